The van der Waals surface area contributed by atoms with E-state index < -0.39 is 0 Å². The van der Waals surface area contributed by atoms with E-state index in [1.807, 2.05) is 12.1 Å². The van der Waals surface area contributed by atoms with E-state index in [4.69, 9.17) is 6.42 Å². The molecule has 16 heavy (non-hydrogen) atoms. The second-order valence-corrected chi connectivity index (χ2v) is 3.30. The smallest absolute Gasteiger partial charge is 0.101 e. The van der Waals surface area contributed by atoms with Crippen LogP contribution in [0.1, 0.15) is 5.56 Å². The van der Waals surface area contributed by atoms with Gasteiger partial charge in [-0.25, -0.2) is 0 Å². The van der Waals surface area contributed by atoms with Crippen LogP contribution in [-0.2, 0) is 13.2 Å². The van der Waals surface area contributed by atoms with E-state index >= 15 is 0 Å². The van der Waals surface area contributed by atoms with Crippen molar-refractivity contribution in [2.45, 2.75) is 13.2 Å². The molecule has 4 heteroatoms. The quantitative estimate of drug-likeness (QED) is 0.776. The molecule has 4 nitrogen and oxygen atoms in total. The lowest BCUT2D eigenvalue weighted by atomic mass is 10.1. The minimum atomic E-state index is -0.0607. The zero-order chi connectivity index (χ0) is 11.4. The summed E-state index contributed by atoms with van der Waals surface area (Å²) >= 11 is 0. The van der Waals surface area contributed by atoms with Gasteiger partial charge in [-0.05, 0) is 12.1 Å². The number of aliphatic hydroxyl groups excluding tert-OH is 1. The van der Waals surface area contributed by atoms with Crippen molar-refractivity contribution in [1.82, 2.24) is 14.8 Å². The first kappa shape index (κ1) is 10.4. The number of terminal acetylenes is 1. The summed E-state index contributed by atoms with van der Waals surface area (Å²) in [6.07, 6.45) is 10.4. The first-order valence-electron chi connectivity index (χ1n) is 4.86. The monoisotopic (exact) mass is 213 g/mol. The molecule has 0 bridgehead atoms. The predicted molar refractivity (Wildman–Crippen MR) is 60.2 cm³/mol. The lowest BCUT2D eigenvalue weighted by Gasteiger charge is -1.97. The van der Waals surface area contributed by atoms with Gasteiger partial charge in [0.05, 0.1) is 12.3 Å². The number of hydrogen-bond acceptors (Lipinski definition) is 3. The van der Waals surface area contributed by atoms with Gasteiger partial charge in [0.15, 0.2) is 0 Å². The van der Waals surface area contributed by atoms with Crippen molar-refractivity contribution in [3.63, 3.8) is 0 Å². The fourth-order valence-electron chi connectivity index (χ4n) is 1.50. The molecule has 0 fully saturated rings. The zero-order valence-corrected chi connectivity index (χ0v) is 8.67. The first-order valence-corrected chi connectivity index (χ1v) is 4.86. The average molecular weight is 213 g/mol. The Morgan fingerprint density at radius 1 is 1.50 bits per heavy atom. The van der Waals surface area contributed by atoms with Crippen molar-refractivity contribution in [2.75, 3.05) is 0 Å². The van der Waals surface area contributed by atoms with Gasteiger partial charge in [-0.1, -0.05) is 5.92 Å². The van der Waals surface area contributed by atoms with Gasteiger partial charge in [0.25, 0.3) is 0 Å². The Bertz CT molecular complexity index is 511. The van der Waals surface area contributed by atoms with E-state index in [-0.39, 0.29) is 6.61 Å². The molecule has 0 radical (unpaired) electrons. The van der Waals surface area contributed by atoms with E-state index in [2.05, 4.69) is 16.0 Å². The molecule has 0 amide bonds. The van der Waals surface area contributed by atoms with Crippen molar-refractivity contribution in [1.29, 1.82) is 0 Å². The highest BCUT2D eigenvalue weighted by molar-refractivity contribution is 5.61. The van der Waals surface area contributed by atoms with Crippen molar-refractivity contribution in [2.24, 2.45) is 0 Å². The first-order chi connectivity index (χ1) is 7.85. The van der Waals surface area contributed by atoms with E-state index in [1.54, 1.807) is 23.3 Å². The summed E-state index contributed by atoms with van der Waals surface area (Å²) in [5, 5.41) is 13.6. The zero-order valence-electron chi connectivity index (χ0n) is 8.67. The molecule has 0 aliphatic heterocycles. The maximum atomic E-state index is 9.24. The summed E-state index contributed by atoms with van der Waals surface area (Å²) in [4.78, 5) is 4.02. The van der Waals surface area contributed by atoms with E-state index in [0.29, 0.717) is 6.54 Å². The largest absolute Gasteiger partial charge is 0.392 e. The normalized spacial score (nSPS) is 10.0. The molecule has 0 aromatic carbocycles. The Morgan fingerprint density at radius 2 is 2.38 bits per heavy atom. The Balaban J connectivity index is 2.44. The van der Waals surface area contributed by atoms with Crippen LogP contribution in [0.25, 0.3) is 11.3 Å². The summed E-state index contributed by atoms with van der Waals surface area (Å²) in [5.41, 5.74) is 2.36. The summed E-state index contributed by atoms with van der Waals surface area (Å²) in [7, 11) is 0. The fourth-order valence-corrected chi connectivity index (χ4v) is 1.50. The van der Waals surface area contributed by atoms with Crippen LogP contribution >= 0.6 is 0 Å². The third kappa shape index (κ3) is 1.95. The molecule has 0 aliphatic rings. The minimum absolute atomic E-state index is 0.0607. The highest BCUT2D eigenvalue weighted by Gasteiger charge is 2.09. The number of aromatic nitrogens is 3. The van der Waals surface area contributed by atoms with Crippen LogP contribution in [0.15, 0.2) is 30.7 Å². The molecule has 0 saturated heterocycles. The topological polar surface area (TPSA) is 50.9 Å². The van der Waals surface area contributed by atoms with Crippen molar-refractivity contribution in [3.05, 3.63) is 36.3 Å². The van der Waals surface area contributed by atoms with E-state index in [0.717, 1.165) is 16.8 Å². The molecule has 1 N–H and O–H groups in total. The molecule has 0 spiro atoms. The van der Waals surface area contributed by atoms with Crippen LogP contribution in [0.3, 0.4) is 0 Å². The van der Waals surface area contributed by atoms with Crippen molar-refractivity contribution in [3.8, 4) is 23.6 Å². The summed E-state index contributed by atoms with van der Waals surface area (Å²) in [6, 6.07) is 3.73. The standard InChI is InChI=1S/C12H11N3O/c1-2-6-15-8-11(9-16)12(14-15)10-4-3-5-13-7-10/h1,3-5,7-8,16H,6,9H2. The minimum Gasteiger partial charge on any atom is -0.392 e. The number of pyridine rings is 1. The average Bonchev–Trinajstić information content (AvgIpc) is 2.74. The van der Waals surface area contributed by atoms with Crippen LogP contribution in [-0.4, -0.2) is 19.9 Å². The molecule has 2 rings (SSSR count). The molecule has 2 heterocycles. The van der Waals surface area contributed by atoms with Gasteiger partial charge in [-0.3, -0.25) is 9.67 Å². The van der Waals surface area contributed by atoms with Crippen LogP contribution in [0.2, 0.25) is 0 Å². The number of hydrogen-bond donors (Lipinski definition) is 1. The maximum Gasteiger partial charge on any atom is 0.101 e. The Morgan fingerprint density at radius 3 is 3.00 bits per heavy atom. The van der Waals surface area contributed by atoms with E-state index in [1.165, 1.54) is 0 Å². The molecule has 0 aliphatic carbocycles. The third-order valence-corrected chi connectivity index (χ3v) is 2.20. The van der Waals surface area contributed by atoms with Gasteiger partial charge in [0.1, 0.15) is 6.54 Å². The van der Waals surface area contributed by atoms with Crippen molar-refractivity contribution < 1.29 is 5.11 Å². The second kappa shape index (κ2) is 4.60. The van der Waals surface area contributed by atoms with Gasteiger partial charge < -0.3 is 5.11 Å². The molecular weight excluding hydrogens is 202 g/mol. The lowest BCUT2D eigenvalue weighted by Crippen LogP contribution is -1.95. The molecular formula is C12H11N3O. The van der Waals surface area contributed by atoms with Crippen LogP contribution in [0.5, 0.6) is 0 Å². The molecule has 2 aromatic rings. The Kier molecular flexibility index (Phi) is 2.99. The fraction of sp³-hybridized carbons (Fsp3) is 0.167. The highest BCUT2D eigenvalue weighted by Crippen LogP contribution is 2.20. The van der Waals surface area contributed by atoms with Gasteiger partial charge >= 0.3 is 0 Å². The van der Waals surface area contributed by atoms with Crippen molar-refractivity contribution >= 4 is 0 Å². The lowest BCUT2D eigenvalue weighted by molar-refractivity contribution is 0.282. The third-order valence-electron chi connectivity index (χ3n) is 2.20. The van der Waals surface area contributed by atoms with Crippen LogP contribution in [0.4, 0.5) is 0 Å². The number of nitrogens with zero attached hydrogens (tertiary/aromatic N) is 3. The molecule has 0 atom stereocenters. The van der Waals surface area contributed by atoms with Gasteiger partial charge in [-0.2, -0.15) is 5.10 Å². The van der Waals surface area contributed by atoms with E-state index in [9.17, 15) is 5.11 Å². The maximum absolute atomic E-state index is 9.24. The number of aliphatic hydroxyl groups is 1. The molecule has 0 unspecified atom stereocenters. The summed E-state index contributed by atoms with van der Waals surface area (Å²) < 4.78 is 1.63. The van der Waals surface area contributed by atoms with Gasteiger partial charge in [0, 0.05) is 29.7 Å². The second-order valence-electron chi connectivity index (χ2n) is 3.30. The SMILES string of the molecule is C#CCn1cc(CO)c(-c2cccnc2)n1. The van der Waals surface area contributed by atoms with Gasteiger partial charge in [0.2, 0.25) is 0 Å². The molecule has 0 saturated carbocycles. The summed E-state index contributed by atoms with van der Waals surface area (Å²) in [6.45, 7) is 0.335. The summed E-state index contributed by atoms with van der Waals surface area (Å²) in [5.74, 6) is 2.50. The number of rotatable bonds is 3. The van der Waals surface area contributed by atoms with Crippen LogP contribution in [0, 0.1) is 12.3 Å². The molecule has 80 valence electrons. The highest BCUT2D eigenvalue weighted by atomic mass is 16.3. The van der Waals surface area contributed by atoms with Gasteiger partial charge in [-0.15, -0.1) is 6.42 Å². The van der Waals surface area contributed by atoms with Crippen LogP contribution < -0.4 is 0 Å². The molecule has 2 aromatic heterocycles. The Hall–Kier alpha value is -2.12. The Labute approximate surface area is 93.6 Å². The predicted octanol–water partition coefficient (Wildman–Crippen LogP) is 1.07.